The highest BCUT2D eigenvalue weighted by molar-refractivity contribution is 7.90. The van der Waals surface area contributed by atoms with Crippen molar-refractivity contribution in [3.63, 3.8) is 0 Å². The smallest absolute Gasteiger partial charge is 0.337 e. The van der Waals surface area contributed by atoms with Crippen LogP contribution in [-0.4, -0.2) is 50.5 Å². The lowest BCUT2D eigenvalue weighted by molar-refractivity contribution is -0.127. The number of rotatable bonds is 15. The third-order valence-corrected chi connectivity index (χ3v) is 8.28. The van der Waals surface area contributed by atoms with Gasteiger partial charge in [-0.1, -0.05) is 43.0 Å². The van der Waals surface area contributed by atoms with Gasteiger partial charge in [0.05, 0.1) is 36.6 Å². The van der Waals surface area contributed by atoms with Crippen LogP contribution in [0.3, 0.4) is 0 Å². The summed E-state index contributed by atoms with van der Waals surface area (Å²) in [5, 5.41) is 2.65. The minimum atomic E-state index is -3.71. The molecule has 1 aromatic heterocycles. The first kappa shape index (κ1) is 31.2. The second-order valence-corrected chi connectivity index (χ2v) is 11.9. The van der Waals surface area contributed by atoms with Crippen LogP contribution in [0.5, 0.6) is 0 Å². The van der Waals surface area contributed by atoms with E-state index in [0.717, 1.165) is 16.7 Å². The number of pyridine rings is 1. The Balaban J connectivity index is 1.60. The highest BCUT2D eigenvalue weighted by Crippen LogP contribution is 2.17. The van der Waals surface area contributed by atoms with Crippen LogP contribution >= 0.6 is 0 Å². The molecular formula is C31H35N3O6S. The standard InChI is InChI=1S/C31H35N3O6S/c1-22(32)26-9-3-23(4-10-26)8-14-29(35)19-34-30(36)28(13-5-24-15-17-33-18-16-24)21-41(38,39)20-25-6-11-27(12-7-25)31(37)40-2/h3-4,6-7,9-12,15-18,28H,1,5,8,13-14,19-21,32H2,2H3,(H,34,36). The molecule has 0 aliphatic carbocycles. The zero-order valence-corrected chi connectivity index (χ0v) is 23.9. The first-order valence-corrected chi connectivity index (χ1v) is 15.0. The molecule has 1 amide bonds. The summed E-state index contributed by atoms with van der Waals surface area (Å²) in [6, 6.07) is 17.2. The Morgan fingerprint density at radius 2 is 1.49 bits per heavy atom. The molecule has 10 heteroatoms. The fourth-order valence-electron chi connectivity index (χ4n) is 4.24. The van der Waals surface area contributed by atoms with Crippen molar-refractivity contribution in [2.24, 2.45) is 11.7 Å². The second kappa shape index (κ2) is 14.9. The van der Waals surface area contributed by atoms with Gasteiger partial charge in [-0.3, -0.25) is 14.6 Å². The summed E-state index contributed by atoms with van der Waals surface area (Å²) in [6.45, 7) is 3.51. The van der Waals surface area contributed by atoms with Crippen LogP contribution in [0.1, 0.15) is 45.5 Å². The predicted molar refractivity (Wildman–Crippen MR) is 157 cm³/mol. The van der Waals surface area contributed by atoms with Gasteiger partial charge in [0.2, 0.25) is 5.91 Å². The van der Waals surface area contributed by atoms with Crippen molar-refractivity contribution in [3.05, 3.63) is 107 Å². The van der Waals surface area contributed by atoms with E-state index < -0.39 is 27.6 Å². The average molecular weight is 578 g/mol. The molecule has 0 saturated carbocycles. The third-order valence-electron chi connectivity index (χ3n) is 6.60. The SMILES string of the molecule is C=C(N)c1ccc(CCC(=O)CNC(=O)C(CCc2ccncc2)CS(=O)(=O)Cc2ccc(C(=O)OC)cc2)cc1. The summed E-state index contributed by atoms with van der Waals surface area (Å²) in [6.07, 6.45) is 4.76. The Bertz CT molecular complexity index is 1450. The molecule has 9 nitrogen and oxygen atoms in total. The fraction of sp³-hybridized carbons (Fsp3) is 0.290. The molecule has 1 atom stereocenters. The number of benzene rings is 2. The van der Waals surface area contributed by atoms with Gasteiger partial charge in [0.25, 0.3) is 0 Å². The number of carbonyl (C=O) groups is 3. The quantitative estimate of drug-likeness (QED) is 0.262. The van der Waals surface area contributed by atoms with E-state index in [0.29, 0.717) is 29.7 Å². The molecule has 3 N–H and O–H groups in total. The van der Waals surface area contributed by atoms with E-state index in [1.165, 1.54) is 19.2 Å². The van der Waals surface area contributed by atoms with Crippen LogP contribution in [0.4, 0.5) is 0 Å². The molecule has 2 aromatic carbocycles. The topological polar surface area (TPSA) is 146 Å². The largest absolute Gasteiger partial charge is 0.465 e. The number of Topliss-reactive ketones (excluding diaryl/α,β-unsaturated/α-hetero) is 1. The number of methoxy groups -OCH3 is 1. The summed E-state index contributed by atoms with van der Waals surface area (Å²) in [4.78, 5) is 41.3. The number of esters is 1. The van der Waals surface area contributed by atoms with E-state index in [4.69, 9.17) is 5.73 Å². The maximum atomic E-state index is 13.1. The molecule has 3 rings (SSSR count). The molecule has 216 valence electrons. The van der Waals surface area contributed by atoms with Gasteiger partial charge in [-0.25, -0.2) is 13.2 Å². The molecule has 0 spiro atoms. The number of nitrogens with zero attached hydrogens (tertiary/aromatic N) is 1. The monoisotopic (exact) mass is 577 g/mol. The number of ketones is 1. The van der Waals surface area contributed by atoms with Crippen molar-refractivity contribution in [3.8, 4) is 0 Å². The summed E-state index contributed by atoms with van der Waals surface area (Å²) >= 11 is 0. The Hall–Kier alpha value is -4.31. The third kappa shape index (κ3) is 10.3. The van der Waals surface area contributed by atoms with Gasteiger partial charge in [-0.2, -0.15) is 0 Å². The maximum Gasteiger partial charge on any atom is 0.337 e. The highest BCUT2D eigenvalue weighted by Gasteiger charge is 2.26. The average Bonchev–Trinajstić information content (AvgIpc) is 2.97. The van der Waals surface area contributed by atoms with E-state index in [1.54, 1.807) is 24.5 Å². The maximum absolute atomic E-state index is 13.1. The fourth-order valence-corrected chi connectivity index (χ4v) is 5.99. The zero-order chi connectivity index (χ0) is 29.8. The number of nitrogens with one attached hydrogen (secondary N) is 1. The number of hydrogen-bond acceptors (Lipinski definition) is 8. The first-order chi connectivity index (χ1) is 19.6. The molecule has 1 heterocycles. The molecule has 0 bridgehead atoms. The minimum absolute atomic E-state index is 0.160. The van der Waals surface area contributed by atoms with Crippen molar-refractivity contribution in [2.75, 3.05) is 19.4 Å². The Labute approximate surface area is 240 Å². The number of carbonyl (C=O) groups excluding carboxylic acids is 3. The van der Waals surface area contributed by atoms with Crippen molar-refractivity contribution in [1.29, 1.82) is 0 Å². The molecule has 0 radical (unpaired) electrons. The van der Waals surface area contributed by atoms with Crippen LogP contribution in [0, 0.1) is 5.92 Å². The van der Waals surface area contributed by atoms with Crippen molar-refractivity contribution in [2.45, 2.75) is 31.4 Å². The number of hydrogen-bond donors (Lipinski definition) is 2. The van der Waals surface area contributed by atoms with Gasteiger partial charge in [-0.05, 0) is 65.8 Å². The Morgan fingerprint density at radius 3 is 2.10 bits per heavy atom. The lowest BCUT2D eigenvalue weighted by atomic mass is 10.0. The first-order valence-electron chi connectivity index (χ1n) is 13.2. The second-order valence-electron chi connectivity index (χ2n) is 9.81. The number of amides is 1. The van der Waals surface area contributed by atoms with E-state index in [1.807, 2.05) is 36.4 Å². The van der Waals surface area contributed by atoms with Crippen LogP contribution in [0.25, 0.3) is 5.70 Å². The van der Waals surface area contributed by atoms with E-state index in [-0.39, 0.29) is 36.7 Å². The van der Waals surface area contributed by atoms with E-state index in [2.05, 4.69) is 21.6 Å². The normalized spacial score (nSPS) is 11.8. The van der Waals surface area contributed by atoms with Gasteiger partial charge in [-0.15, -0.1) is 0 Å². The summed E-state index contributed by atoms with van der Waals surface area (Å²) in [5.41, 5.74) is 9.65. The van der Waals surface area contributed by atoms with Crippen LogP contribution in [-0.2, 0) is 42.8 Å². The van der Waals surface area contributed by atoms with Gasteiger partial charge < -0.3 is 15.8 Å². The predicted octanol–water partition coefficient (Wildman–Crippen LogP) is 3.28. The molecule has 0 aliphatic rings. The van der Waals surface area contributed by atoms with Gasteiger partial charge in [0.15, 0.2) is 15.6 Å². The molecular weight excluding hydrogens is 542 g/mol. The van der Waals surface area contributed by atoms with Crippen LogP contribution < -0.4 is 11.1 Å². The highest BCUT2D eigenvalue weighted by atomic mass is 32.2. The van der Waals surface area contributed by atoms with Crippen molar-refractivity contribution in [1.82, 2.24) is 10.3 Å². The summed E-state index contributed by atoms with van der Waals surface area (Å²) < 4.78 is 30.9. The molecule has 1 unspecified atom stereocenters. The summed E-state index contributed by atoms with van der Waals surface area (Å²) in [7, 11) is -2.44. The molecule has 0 aliphatic heterocycles. The van der Waals surface area contributed by atoms with Gasteiger partial charge >= 0.3 is 5.97 Å². The number of sulfone groups is 1. The van der Waals surface area contributed by atoms with Crippen LogP contribution in [0.15, 0.2) is 79.6 Å². The lowest BCUT2D eigenvalue weighted by Gasteiger charge is -2.17. The molecule has 0 fully saturated rings. The van der Waals surface area contributed by atoms with Gasteiger partial charge in [0.1, 0.15) is 0 Å². The van der Waals surface area contributed by atoms with E-state index in [9.17, 15) is 22.8 Å². The number of aryl methyl sites for hydroxylation is 2. The number of aromatic nitrogens is 1. The van der Waals surface area contributed by atoms with Crippen molar-refractivity contribution >= 4 is 33.2 Å². The minimum Gasteiger partial charge on any atom is -0.465 e. The molecule has 3 aromatic rings. The Morgan fingerprint density at radius 1 is 0.902 bits per heavy atom. The van der Waals surface area contributed by atoms with Crippen LogP contribution in [0.2, 0.25) is 0 Å². The van der Waals surface area contributed by atoms with Crippen molar-refractivity contribution < 1.29 is 27.5 Å². The van der Waals surface area contributed by atoms with Gasteiger partial charge in [0, 0.05) is 24.5 Å². The zero-order valence-electron chi connectivity index (χ0n) is 23.0. The Kier molecular flexibility index (Phi) is 11.3. The number of ether oxygens (including phenoxy) is 1. The van der Waals surface area contributed by atoms with E-state index >= 15 is 0 Å². The number of nitrogens with two attached hydrogens (primary N) is 1. The molecule has 0 saturated heterocycles. The molecule has 41 heavy (non-hydrogen) atoms. The lowest BCUT2D eigenvalue weighted by Crippen LogP contribution is -2.38. The summed E-state index contributed by atoms with van der Waals surface area (Å²) in [5.74, 6) is -2.68.